The Hall–Kier alpha value is -1.10. The zero-order valence-corrected chi connectivity index (χ0v) is 11.6. The van der Waals surface area contributed by atoms with Crippen molar-refractivity contribution in [1.29, 1.82) is 0 Å². The SMILES string of the molecule is COC(=O)CC1CCCCN1C(=O)C(C)(C)CN. The van der Waals surface area contributed by atoms with Gasteiger partial charge >= 0.3 is 5.97 Å². The molecule has 0 spiro atoms. The van der Waals surface area contributed by atoms with Crippen LogP contribution in [0.25, 0.3) is 0 Å². The van der Waals surface area contributed by atoms with E-state index in [4.69, 9.17) is 10.5 Å². The molecule has 0 aromatic rings. The van der Waals surface area contributed by atoms with E-state index in [1.165, 1.54) is 7.11 Å². The highest BCUT2D eigenvalue weighted by atomic mass is 16.5. The van der Waals surface area contributed by atoms with E-state index in [9.17, 15) is 9.59 Å². The molecule has 1 saturated heterocycles. The number of likely N-dealkylation sites (tertiary alicyclic amines) is 1. The van der Waals surface area contributed by atoms with Crippen molar-refractivity contribution in [3.8, 4) is 0 Å². The number of piperidine rings is 1. The summed E-state index contributed by atoms with van der Waals surface area (Å²) in [6.45, 7) is 4.72. The molecule has 1 aliphatic heterocycles. The Morgan fingerprint density at radius 1 is 1.39 bits per heavy atom. The van der Waals surface area contributed by atoms with Gasteiger partial charge in [0.15, 0.2) is 0 Å². The van der Waals surface area contributed by atoms with E-state index in [0.717, 1.165) is 19.3 Å². The molecule has 1 atom stereocenters. The lowest BCUT2D eigenvalue weighted by molar-refractivity contribution is -0.148. The van der Waals surface area contributed by atoms with Crippen LogP contribution < -0.4 is 5.73 Å². The van der Waals surface area contributed by atoms with Crippen LogP contribution in [0, 0.1) is 5.41 Å². The molecule has 1 rings (SSSR count). The summed E-state index contributed by atoms with van der Waals surface area (Å²) in [5.74, 6) is -0.219. The average molecular weight is 256 g/mol. The largest absolute Gasteiger partial charge is 0.469 e. The number of nitrogens with zero attached hydrogens (tertiary/aromatic N) is 1. The molecule has 0 bridgehead atoms. The molecule has 0 aromatic carbocycles. The van der Waals surface area contributed by atoms with Crippen LogP contribution in [0.3, 0.4) is 0 Å². The molecule has 1 fully saturated rings. The topological polar surface area (TPSA) is 72.6 Å². The molecule has 5 nitrogen and oxygen atoms in total. The van der Waals surface area contributed by atoms with E-state index in [1.54, 1.807) is 0 Å². The second-order valence-corrected chi connectivity index (χ2v) is 5.52. The van der Waals surface area contributed by atoms with Gasteiger partial charge in [-0.25, -0.2) is 0 Å². The fraction of sp³-hybridized carbons (Fsp3) is 0.846. The third kappa shape index (κ3) is 3.45. The van der Waals surface area contributed by atoms with Crippen LogP contribution in [-0.2, 0) is 14.3 Å². The summed E-state index contributed by atoms with van der Waals surface area (Å²) >= 11 is 0. The molecule has 0 aliphatic carbocycles. The number of ether oxygens (including phenoxy) is 1. The lowest BCUT2D eigenvalue weighted by atomic mass is 9.88. The number of carbonyl (C=O) groups excluding carboxylic acids is 2. The van der Waals surface area contributed by atoms with Gasteiger partial charge in [0, 0.05) is 19.1 Å². The summed E-state index contributed by atoms with van der Waals surface area (Å²) in [6, 6.07) is -0.0375. The average Bonchev–Trinajstić information content (AvgIpc) is 2.38. The molecular weight excluding hydrogens is 232 g/mol. The predicted molar refractivity (Wildman–Crippen MR) is 68.8 cm³/mol. The van der Waals surface area contributed by atoms with Gasteiger partial charge in [0.1, 0.15) is 0 Å². The van der Waals surface area contributed by atoms with Crippen LogP contribution in [0.2, 0.25) is 0 Å². The summed E-state index contributed by atoms with van der Waals surface area (Å²) < 4.78 is 4.69. The Morgan fingerprint density at radius 2 is 2.06 bits per heavy atom. The Balaban J connectivity index is 2.76. The standard InChI is InChI=1S/C13H24N2O3/c1-13(2,9-14)12(17)15-7-5-4-6-10(15)8-11(16)18-3/h10H,4-9,14H2,1-3H3. The Bertz CT molecular complexity index is 315. The molecule has 0 aromatic heterocycles. The maximum absolute atomic E-state index is 12.4. The van der Waals surface area contributed by atoms with Crippen molar-refractivity contribution in [2.45, 2.75) is 45.6 Å². The van der Waals surface area contributed by atoms with E-state index < -0.39 is 5.41 Å². The molecule has 0 radical (unpaired) electrons. The Kier molecular flexibility index (Phi) is 5.14. The summed E-state index contributed by atoms with van der Waals surface area (Å²) in [4.78, 5) is 25.6. The monoisotopic (exact) mass is 256 g/mol. The molecule has 1 amide bonds. The van der Waals surface area contributed by atoms with Gasteiger partial charge in [0.25, 0.3) is 0 Å². The van der Waals surface area contributed by atoms with E-state index in [2.05, 4.69) is 0 Å². The predicted octanol–water partition coefficient (Wildman–Crippen LogP) is 0.915. The van der Waals surface area contributed by atoms with Crippen molar-refractivity contribution in [1.82, 2.24) is 4.90 Å². The van der Waals surface area contributed by atoms with Crippen molar-refractivity contribution in [2.75, 3.05) is 20.2 Å². The van der Waals surface area contributed by atoms with Crippen LogP contribution in [0.15, 0.2) is 0 Å². The van der Waals surface area contributed by atoms with Crippen LogP contribution in [0.5, 0.6) is 0 Å². The summed E-state index contributed by atoms with van der Waals surface area (Å²) in [5.41, 5.74) is 5.08. The smallest absolute Gasteiger partial charge is 0.307 e. The summed E-state index contributed by atoms with van der Waals surface area (Å²) in [6.07, 6.45) is 3.18. The van der Waals surface area contributed by atoms with Gasteiger partial charge in [-0.05, 0) is 33.1 Å². The number of hydrogen-bond donors (Lipinski definition) is 1. The first kappa shape index (κ1) is 15.0. The molecular formula is C13H24N2O3. The molecule has 1 aliphatic rings. The van der Waals surface area contributed by atoms with Gasteiger partial charge in [-0.3, -0.25) is 9.59 Å². The number of amides is 1. The van der Waals surface area contributed by atoms with Crippen LogP contribution in [0.1, 0.15) is 39.5 Å². The number of carbonyl (C=O) groups is 2. The number of methoxy groups -OCH3 is 1. The van der Waals surface area contributed by atoms with E-state index in [1.807, 2.05) is 18.7 Å². The maximum Gasteiger partial charge on any atom is 0.307 e. The van der Waals surface area contributed by atoms with Crippen molar-refractivity contribution in [2.24, 2.45) is 11.1 Å². The lowest BCUT2D eigenvalue weighted by Crippen LogP contribution is -2.51. The van der Waals surface area contributed by atoms with Crippen molar-refractivity contribution in [3.05, 3.63) is 0 Å². The third-order valence-corrected chi connectivity index (χ3v) is 3.61. The highest BCUT2D eigenvalue weighted by molar-refractivity contribution is 5.83. The first-order valence-electron chi connectivity index (χ1n) is 6.50. The van der Waals surface area contributed by atoms with Gasteiger partial charge in [0.05, 0.1) is 18.9 Å². The van der Waals surface area contributed by atoms with E-state index in [-0.39, 0.29) is 24.3 Å². The third-order valence-electron chi connectivity index (χ3n) is 3.61. The van der Waals surface area contributed by atoms with E-state index in [0.29, 0.717) is 13.1 Å². The molecule has 1 unspecified atom stereocenters. The lowest BCUT2D eigenvalue weighted by Gasteiger charge is -2.39. The van der Waals surface area contributed by atoms with Crippen molar-refractivity contribution >= 4 is 11.9 Å². The van der Waals surface area contributed by atoms with Crippen LogP contribution in [-0.4, -0.2) is 43.0 Å². The van der Waals surface area contributed by atoms with Gasteiger partial charge in [-0.2, -0.15) is 0 Å². The summed E-state index contributed by atoms with van der Waals surface area (Å²) in [7, 11) is 1.38. The minimum absolute atomic E-state index is 0.0375. The van der Waals surface area contributed by atoms with Crippen molar-refractivity contribution in [3.63, 3.8) is 0 Å². The zero-order valence-electron chi connectivity index (χ0n) is 11.6. The van der Waals surface area contributed by atoms with Gasteiger partial charge in [-0.1, -0.05) is 0 Å². The molecule has 18 heavy (non-hydrogen) atoms. The second kappa shape index (κ2) is 6.18. The fourth-order valence-corrected chi connectivity index (χ4v) is 2.23. The molecule has 5 heteroatoms. The number of hydrogen-bond acceptors (Lipinski definition) is 4. The molecule has 0 saturated carbocycles. The molecule has 2 N–H and O–H groups in total. The highest BCUT2D eigenvalue weighted by Gasteiger charge is 2.36. The molecule has 104 valence electrons. The van der Waals surface area contributed by atoms with Crippen LogP contribution in [0.4, 0.5) is 0 Å². The highest BCUT2D eigenvalue weighted by Crippen LogP contribution is 2.26. The zero-order chi connectivity index (χ0) is 13.8. The summed E-state index contributed by atoms with van der Waals surface area (Å²) in [5, 5.41) is 0. The number of nitrogens with two attached hydrogens (primary N) is 1. The van der Waals surface area contributed by atoms with Gasteiger partial charge in [-0.15, -0.1) is 0 Å². The normalized spacial score (nSPS) is 20.7. The van der Waals surface area contributed by atoms with Crippen molar-refractivity contribution < 1.29 is 14.3 Å². The first-order chi connectivity index (χ1) is 8.42. The Labute approximate surface area is 109 Å². The van der Waals surface area contributed by atoms with Gasteiger partial charge in [0.2, 0.25) is 5.91 Å². The van der Waals surface area contributed by atoms with E-state index >= 15 is 0 Å². The maximum atomic E-state index is 12.4. The van der Waals surface area contributed by atoms with Crippen LogP contribution >= 0.6 is 0 Å². The fourth-order valence-electron chi connectivity index (χ4n) is 2.23. The first-order valence-corrected chi connectivity index (χ1v) is 6.50. The number of esters is 1. The van der Waals surface area contributed by atoms with Gasteiger partial charge < -0.3 is 15.4 Å². The second-order valence-electron chi connectivity index (χ2n) is 5.52. The number of rotatable bonds is 4. The minimum Gasteiger partial charge on any atom is -0.469 e. The minimum atomic E-state index is -0.564. The molecule has 1 heterocycles. The quantitative estimate of drug-likeness (QED) is 0.759. The Morgan fingerprint density at radius 3 is 2.61 bits per heavy atom.